The van der Waals surface area contributed by atoms with Crippen molar-refractivity contribution in [1.29, 1.82) is 0 Å². The largest absolute Gasteiger partial charge is 0.336 e. The van der Waals surface area contributed by atoms with Gasteiger partial charge in [-0.3, -0.25) is 9.48 Å². The van der Waals surface area contributed by atoms with E-state index in [9.17, 15) is 22.0 Å². The van der Waals surface area contributed by atoms with Crippen LogP contribution < -0.4 is 0 Å². The lowest BCUT2D eigenvalue weighted by molar-refractivity contribution is 0.0697. The van der Waals surface area contributed by atoms with Crippen molar-refractivity contribution in [1.82, 2.24) is 19.0 Å². The molecule has 0 spiro atoms. The zero-order chi connectivity index (χ0) is 23.8. The van der Waals surface area contributed by atoms with Gasteiger partial charge < -0.3 is 4.90 Å². The Labute approximate surface area is 191 Å². The highest BCUT2D eigenvalue weighted by Gasteiger charge is 2.34. The number of benzene rings is 2. The van der Waals surface area contributed by atoms with Gasteiger partial charge in [-0.15, -0.1) is 0 Å². The molecule has 10 heteroatoms. The van der Waals surface area contributed by atoms with Crippen LogP contribution in [0.1, 0.15) is 27.3 Å². The van der Waals surface area contributed by atoms with Crippen LogP contribution >= 0.6 is 0 Å². The van der Waals surface area contributed by atoms with Crippen LogP contribution in [0, 0.1) is 25.5 Å². The van der Waals surface area contributed by atoms with E-state index in [1.807, 2.05) is 30.3 Å². The Morgan fingerprint density at radius 2 is 1.64 bits per heavy atom. The molecule has 0 bridgehead atoms. The second-order valence-corrected chi connectivity index (χ2v) is 9.84. The molecule has 0 aliphatic carbocycles. The third kappa shape index (κ3) is 4.53. The maximum atomic E-state index is 13.5. The smallest absolute Gasteiger partial charge is 0.254 e. The highest BCUT2D eigenvalue weighted by molar-refractivity contribution is 7.89. The number of hydrogen-bond acceptors (Lipinski definition) is 4. The van der Waals surface area contributed by atoms with Gasteiger partial charge in [-0.25, -0.2) is 17.2 Å². The van der Waals surface area contributed by atoms with Gasteiger partial charge in [0.15, 0.2) is 11.6 Å². The first-order valence-corrected chi connectivity index (χ1v) is 11.9. The summed E-state index contributed by atoms with van der Waals surface area (Å²) in [7, 11) is -3.82. The first-order chi connectivity index (χ1) is 15.7. The summed E-state index contributed by atoms with van der Waals surface area (Å²) in [4.78, 5) is 14.3. The molecule has 4 rings (SSSR count). The van der Waals surface area contributed by atoms with Gasteiger partial charge in [0, 0.05) is 31.7 Å². The average molecular weight is 475 g/mol. The third-order valence-corrected chi connectivity index (χ3v) is 7.93. The van der Waals surface area contributed by atoms with Crippen LogP contribution in [-0.4, -0.2) is 59.5 Å². The van der Waals surface area contributed by atoms with E-state index in [-0.39, 0.29) is 36.6 Å². The van der Waals surface area contributed by atoms with E-state index in [0.29, 0.717) is 17.9 Å². The number of aryl methyl sites for hydroxylation is 1. The number of amides is 1. The van der Waals surface area contributed by atoms with E-state index in [4.69, 9.17) is 0 Å². The Morgan fingerprint density at radius 3 is 2.27 bits per heavy atom. The number of sulfonamides is 1. The van der Waals surface area contributed by atoms with Crippen LogP contribution in [0.5, 0.6) is 0 Å². The van der Waals surface area contributed by atoms with Gasteiger partial charge in [-0.1, -0.05) is 30.3 Å². The minimum Gasteiger partial charge on any atom is -0.336 e. The molecule has 1 amide bonds. The van der Waals surface area contributed by atoms with Gasteiger partial charge in [0.2, 0.25) is 10.0 Å². The number of aromatic nitrogens is 2. The van der Waals surface area contributed by atoms with Crippen molar-refractivity contribution in [3.63, 3.8) is 0 Å². The maximum absolute atomic E-state index is 13.5. The number of hydrogen-bond donors (Lipinski definition) is 0. The third-order valence-electron chi connectivity index (χ3n) is 5.78. The quantitative estimate of drug-likeness (QED) is 0.570. The molecule has 1 aliphatic rings. The van der Waals surface area contributed by atoms with Crippen molar-refractivity contribution in [3.05, 3.63) is 82.7 Å². The number of halogens is 2. The van der Waals surface area contributed by atoms with Gasteiger partial charge in [0.05, 0.1) is 17.9 Å². The van der Waals surface area contributed by atoms with Gasteiger partial charge in [0.25, 0.3) is 5.91 Å². The lowest BCUT2D eigenvalue weighted by Crippen LogP contribution is -2.50. The summed E-state index contributed by atoms with van der Waals surface area (Å²) in [6, 6.07) is 12.6. The number of carbonyl (C=O) groups is 1. The molecular formula is C23H24F2N4O3S. The molecule has 2 heterocycles. The maximum Gasteiger partial charge on any atom is 0.254 e. The fraction of sp³-hybridized carbons (Fsp3) is 0.304. The van der Waals surface area contributed by atoms with E-state index < -0.39 is 27.6 Å². The summed E-state index contributed by atoms with van der Waals surface area (Å²) in [5, 5.41) is 4.44. The molecule has 0 atom stereocenters. The molecule has 7 nitrogen and oxygen atoms in total. The number of piperazine rings is 1. The predicted octanol–water partition coefficient (Wildman–Crippen LogP) is 2.97. The highest BCUT2D eigenvalue weighted by Crippen LogP contribution is 2.25. The zero-order valence-corrected chi connectivity index (χ0v) is 19.1. The first kappa shape index (κ1) is 23.1. The van der Waals surface area contributed by atoms with Crippen LogP contribution in [0.2, 0.25) is 0 Å². The Bertz CT molecular complexity index is 1280. The molecule has 0 radical (unpaired) electrons. The summed E-state index contributed by atoms with van der Waals surface area (Å²) in [6.45, 7) is 4.35. The Hall–Kier alpha value is -3.11. The second kappa shape index (κ2) is 9.03. The van der Waals surface area contributed by atoms with Crippen molar-refractivity contribution < 1.29 is 22.0 Å². The van der Waals surface area contributed by atoms with Crippen LogP contribution in [0.25, 0.3) is 0 Å². The molecule has 0 unspecified atom stereocenters. The summed E-state index contributed by atoms with van der Waals surface area (Å²) >= 11 is 0. The standard InChI is InChI=1S/C23H24F2N4O3S/c1-16-22(17(2)29(26-16)15-18-6-4-3-5-7-18)33(31,32)28-12-10-27(11-13-28)23(30)19-8-9-20(24)21(25)14-19/h3-9,14H,10-13,15H2,1-2H3. The number of carbonyl (C=O) groups excluding carboxylic acids is 1. The molecule has 1 saturated heterocycles. The van der Waals surface area contributed by atoms with E-state index in [1.54, 1.807) is 18.5 Å². The van der Waals surface area contributed by atoms with Crippen molar-refractivity contribution in [2.24, 2.45) is 0 Å². The molecule has 0 N–H and O–H groups in total. The fourth-order valence-corrected chi connectivity index (χ4v) is 5.83. The molecule has 2 aromatic carbocycles. The van der Waals surface area contributed by atoms with E-state index in [1.165, 1.54) is 15.3 Å². The summed E-state index contributed by atoms with van der Waals surface area (Å²) in [5.41, 5.74) is 2.01. The molecule has 3 aromatic rings. The molecule has 1 fully saturated rings. The fourth-order valence-electron chi connectivity index (χ4n) is 4.04. The van der Waals surface area contributed by atoms with Crippen LogP contribution in [0.3, 0.4) is 0 Å². The minimum absolute atomic E-state index is 0.0269. The first-order valence-electron chi connectivity index (χ1n) is 10.5. The van der Waals surface area contributed by atoms with Crippen molar-refractivity contribution in [3.8, 4) is 0 Å². The Morgan fingerprint density at radius 1 is 0.970 bits per heavy atom. The SMILES string of the molecule is Cc1nn(Cc2ccccc2)c(C)c1S(=O)(=O)N1CCN(C(=O)c2ccc(F)c(F)c2)CC1. The zero-order valence-electron chi connectivity index (χ0n) is 18.3. The van der Waals surface area contributed by atoms with Crippen LogP contribution in [-0.2, 0) is 16.6 Å². The van der Waals surface area contributed by atoms with Gasteiger partial charge in [0.1, 0.15) is 4.90 Å². The van der Waals surface area contributed by atoms with E-state index in [2.05, 4.69) is 5.10 Å². The minimum atomic E-state index is -3.82. The number of rotatable bonds is 5. The van der Waals surface area contributed by atoms with Crippen LogP contribution in [0.4, 0.5) is 8.78 Å². The van der Waals surface area contributed by atoms with Gasteiger partial charge in [-0.05, 0) is 37.6 Å². The van der Waals surface area contributed by atoms with E-state index in [0.717, 1.165) is 17.7 Å². The summed E-state index contributed by atoms with van der Waals surface area (Å²) in [5.74, 6) is -2.59. The normalized spacial score (nSPS) is 15.1. The van der Waals surface area contributed by atoms with E-state index >= 15 is 0 Å². The molecular weight excluding hydrogens is 450 g/mol. The topological polar surface area (TPSA) is 75.5 Å². The van der Waals surface area contributed by atoms with Crippen molar-refractivity contribution in [2.45, 2.75) is 25.3 Å². The summed E-state index contributed by atoms with van der Waals surface area (Å²) in [6.07, 6.45) is 0. The Kier molecular flexibility index (Phi) is 6.31. The molecule has 174 valence electrons. The monoisotopic (exact) mass is 474 g/mol. The van der Waals surface area contributed by atoms with Gasteiger partial charge in [-0.2, -0.15) is 9.40 Å². The molecule has 0 saturated carbocycles. The van der Waals surface area contributed by atoms with Gasteiger partial charge >= 0.3 is 0 Å². The predicted molar refractivity (Wildman–Crippen MR) is 118 cm³/mol. The Balaban J connectivity index is 1.49. The summed E-state index contributed by atoms with van der Waals surface area (Å²) < 4.78 is 56.5. The highest BCUT2D eigenvalue weighted by atomic mass is 32.2. The molecule has 1 aromatic heterocycles. The number of nitrogens with zero attached hydrogens (tertiary/aromatic N) is 4. The lowest BCUT2D eigenvalue weighted by atomic mass is 10.1. The lowest BCUT2D eigenvalue weighted by Gasteiger charge is -2.34. The molecule has 1 aliphatic heterocycles. The van der Waals surface area contributed by atoms with Crippen LogP contribution in [0.15, 0.2) is 53.4 Å². The second-order valence-electron chi connectivity index (χ2n) is 7.97. The molecule has 33 heavy (non-hydrogen) atoms. The average Bonchev–Trinajstić information content (AvgIpc) is 3.09. The van der Waals surface area contributed by atoms with Crippen molar-refractivity contribution >= 4 is 15.9 Å². The van der Waals surface area contributed by atoms with Crippen molar-refractivity contribution in [2.75, 3.05) is 26.2 Å².